The van der Waals surface area contributed by atoms with Crippen molar-refractivity contribution in [2.24, 2.45) is 0 Å². The number of hydrogen-bond donors (Lipinski definition) is 6. The summed E-state index contributed by atoms with van der Waals surface area (Å²) in [6.45, 7) is 3.64. The second-order valence-electron chi connectivity index (χ2n) is 22.5. The Morgan fingerprint density at radius 1 is 0.417 bits per heavy atom. The summed E-state index contributed by atoms with van der Waals surface area (Å²) in [6, 6.07) is -0.846. The molecule has 0 aromatic carbocycles. The smallest absolute Gasteiger partial charge is 0.220 e. The van der Waals surface area contributed by atoms with Crippen LogP contribution in [0.3, 0.4) is 0 Å². The first-order valence-electron chi connectivity index (χ1n) is 33.7. The monoisotopic (exact) mass is 1170 g/mol. The van der Waals surface area contributed by atoms with Crippen molar-refractivity contribution in [3.05, 3.63) is 158 Å². The fraction of sp³-hybridized carbons (Fsp3) is 0.640. The molecule has 0 aromatic rings. The Bertz CT molecular complexity index is 1880. The van der Waals surface area contributed by atoms with E-state index in [1.165, 1.54) is 103 Å². The summed E-state index contributed by atoms with van der Waals surface area (Å²) in [6.07, 6.45) is 90.4. The molecule has 0 aromatic heterocycles. The van der Waals surface area contributed by atoms with Crippen molar-refractivity contribution in [1.29, 1.82) is 0 Å². The van der Waals surface area contributed by atoms with Gasteiger partial charge in [0.1, 0.15) is 24.4 Å². The molecule has 476 valence electrons. The lowest BCUT2D eigenvalue weighted by atomic mass is 9.99. The molecule has 9 nitrogen and oxygen atoms in total. The Balaban J connectivity index is 2.20. The normalized spacial score (nSPS) is 19.2. The van der Waals surface area contributed by atoms with Crippen LogP contribution in [0.5, 0.6) is 0 Å². The summed E-state index contributed by atoms with van der Waals surface area (Å²) in [5.74, 6) is -0.205. The van der Waals surface area contributed by atoms with Crippen LogP contribution in [-0.4, -0.2) is 87.5 Å². The summed E-state index contributed by atoms with van der Waals surface area (Å²) in [5, 5.41) is 54.6. The van der Waals surface area contributed by atoms with E-state index in [2.05, 4.69) is 165 Å². The van der Waals surface area contributed by atoms with Gasteiger partial charge in [0.15, 0.2) is 6.29 Å². The van der Waals surface area contributed by atoms with Crippen LogP contribution in [0.4, 0.5) is 0 Å². The number of unbranched alkanes of at least 4 members (excludes halogenated alkanes) is 22. The number of aliphatic hydroxyl groups is 5. The highest BCUT2D eigenvalue weighted by Crippen LogP contribution is 2.23. The largest absolute Gasteiger partial charge is 0.394 e. The molecule has 1 heterocycles. The van der Waals surface area contributed by atoms with E-state index < -0.39 is 49.5 Å². The number of allylic oxidation sites excluding steroid dienone is 25. The van der Waals surface area contributed by atoms with Crippen molar-refractivity contribution in [3.63, 3.8) is 0 Å². The van der Waals surface area contributed by atoms with Gasteiger partial charge < -0.3 is 40.3 Å². The molecule has 84 heavy (non-hydrogen) atoms. The Hall–Kier alpha value is -4.19. The first kappa shape index (κ1) is 77.8. The van der Waals surface area contributed by atoms with Crippen LogP contribution in [0.25, 0.3) is 0 Å². The molecule has 1 saturated heterocycles. The molecule has 1 amide bonds. The summed E-state index contributed by atoms with van der Waals surface area (Å²) >= 11 is 0. The van der Waals surface area contributed by atoms with Crippen molar-refractivity contribution < 1.29 is 39.8 Å². The summed E-state index contributed by atoms with van der Waals surface area (Å²) < 4.78 is 11.3. The fourth-order valence-electron chi connectivity index (χ4n) is 9.57. The van der Waals surface area contributed by atoms with Crippen molar-refractivity contribution in [3.8, 4) is 0 Å². The average Bonchev–Trinajstić information content (AvgIpc) is 3.70. The van der Waals surface area contributed by atoms with Gasteiger partial charge in [-0.1, -0.05) is 281 Å². The number of aliphatic hydroxyl groups excluding tert-OH is 5. The highest BCUT2D eigenvalue weighted by atomic mass is 16.7. The Labute approximate surface area is 514 Å². The number of rotatable bonds is 56. The molecule has 1 aliphatic heterocycles. The van der Waals surface area contributed by atoms with Gasteiger partial charge in [0, 0.05) is 6.42 Å². The van der Waals surface area contributed by atoms with E-state index in [9.17, 15) is 30.3 Å². The van der Waals surface area contributed by atoms with Gasteiger partial charge in [-0.25, -0.2) is 0 Å². The highest BCUT2D eigenvalue weighted by molar-refractivity contribution is 5.76. The number of hydrogen-bond acceptors (Lipinski definition) is 8. The second-order valence-corrected chi connectivity index (χ2v) is 22.5. The number of nitrogens with one attached hydrogen (secondary N) is 1. The zero-order valence-corrected chi connectivity index (χ0v) is 53.1. The third-order valence-electron chi connectivity index (χ3n) is 14.8. The van der Waals surface area contributed by atoms with E-state index in [-0.39, 0.29) is 12.5 Å². The van der Waals surface area contributed by atoms with Gasteiger partial charge >= 0.3 is 0 Å². The molecule has 7 atom stereocenters. The Kier molecular flexibility index (Phi) is 57.3. The maximum absolute atomic E-state index is 13.1. The van der Waals surface area contributed by atoms with Crippen LogP contribution < -0.4 is 5.32 Å². The standard InChI is InChI=1S/C75H123NO8/c1-3-5-7-9-11-13-15-17-19-21-23-25-27-28-29-30-31-32-33-34-35-36-37-38-39-40-41-42-43-45-47-49-51-53-55-57-59-61-63-65-71(79)76-68(67-83-75-74(82)73(81)72(80)70(66-77)84-75)69(78)64-62-60-58-56-54-52-50-48-46-44-26-24-22-20-18-16-14-12-10-8-6-4-2/h5,7,11,13,17,19,23,25,28-29,31-32,34-35,37-38,40-41,43,45-46,48,54,56,62,64,68-70,72-75,77-78,80-82H,3-4,6,8-10,12,14-16,18,20-22,24,26-27,30,33,36,39,42,44,47,49-53,55,57-61,63,65-67H2,1-2H3,(H,76,79)/b7-5-,13-11-,19-17-,25-23-,29-28-,32-31-,35-34-,38-37-,41-40-,45-43-,48-46+,56-54+,64-62+. The van der Waals surface area contributed by atoms with Gasteiger partial charge in [-0.3, -0.25) is 4.79 Å². The van der Waals surface area contributed by atoms with Gasteiger partial charge in [-0.2, -0.15) is 0 Å². The van der Waals surface area contributed by atoms with E-state index >= 15 is 0 Å². The molecule has 9 heteroatoms. The van der Waals surface area contributed by atoms with E-state index in [0.29, 0.717) is 6.42 Å². The predicted molar refractivity (Wildman–Crippen MR) is 359 cm³/mol. The minimum Gasteiger partial charge on any atom is -0.394 e. The fourth-order valence-corrected chi connectivity index (χ4v) is 9.57. The van der Waals surface area contributed by atoms with Gasteiger partial charge in [-0.15, -0.1) is 0 Å². The van der Waals surface area contributed by atoms with Crippen LogP contribution in [0.15, 0.2) is 158 Å². The lowest BCUT2D eigenvalue weighted by Gasteiger charge is -2.40. The zero-order valence-electron chi connectivity index (χ0n) is 53.1. The topological polar surface area (TPSA) is 149 Å². The summed E-state index contributed by atoms with van der Waals surface area (Å²) in [4.78, 5) is 13.1. The molecule has 0 bridgehead atoms. The SMILES string of the molecule is CC/C=C\C/C=C\C/C=C\C/C=C\C/C=C\C/C=C\C/C=C\C/C=C\C/C=C\C/C=C\CCCCCCCCCCC(=O)NC(COC1OC(CO)C(O)C(O)C1O)C(O)/C=C/CC/C=C/CC/C=C/CCCCCCCCCCCCCC. The van der Waals surface area contributed by atoms with E-state index in [0.717, 1.165) is 128 Å². The lowest BCUT2D eigenvalue weighted by Crippen LogP contribution is -2.60. The van der Waals surface area contributed by atoms with Crippen LogP contribution in [0.2, 0.25) is 0 Å². The molecule has 0 radical (unpaired) electrons. The molecule has 0 aliphatic carbocycles. The van der Waals surface area contributed by atoms with Crippen molar-refractivity contribution >= 4 is 5.91 Å². The third-order valence-corrected chi connectivity index (χ3v) is 14.8. The number of ether oxygens (including phenoxy) is 2. The molecule has 1 fully saturated rings. The summed E-state index contributed by atoms with van der Waals surface area (Å²) in [5.41, 5.74) is 0. The molecule has 7 unspecified atom stereocenters. The van der Waals surface area contributed by atoms with Crippen LogP contribution in [-0.2, 0) is 14.3 Å². The molecule has 1 rings (SSSR count). The Morgan fingerprint density at radius 3 is 1.14 bits per heavy atom. The molecule has 0 spiro atoms. The van der Waals surface area contributed by atoms with Crippen molar-refractivity contribution in [2.45, 2.75) is 294 Å². The van der Waals surface area contributed by atoms with Crippen molar-refractivity contribution in [2.75, 3.05) is 13.2 Å². The number of carbonyl (C=O) groups excluding carboxylic acids is 1. The maximum atomic E-state index is 13.1. The van der Waals surface area contributed by atoms with Crippen LogP contribution in [0, 0.1) is 0 Å². The van der Waals surface area contributed by atoms with E-state index in [1.54, 1.807) is 6.08 Å². The summed E-state index contributed by atoms with van der Waals surface area (Å²) in [7, 11) is 0. The first-order chi connectivity index (χ1) is 41.3. The molecular formula is C75H123NO8. The third kappa shape index (κ3) is 50.0. The van der Waals surface area contributed by atoms with Gasteiger partial charge in [0.25, 0.3) is 0 Å². The minimum absolute atomic E-state index is 0.205. The maximum Gasteiger partial charge on any atom is 0.220 e. The van der Waals surface area contributed by atoms with Crippen LogP contribution in [0.1, 0.15) is 251 Å². The van der Waals surface area contributed by atoms with E-state index in [4.69, 9.17) is 9.47 Å². The van der Waals surface area contributed by atoms with Crippen LogP contribution >= 0.6 is 0 Å². The van der Waals surface area contributed by atoms with Crippen molar-refractivity contribution in [1.82, 2.24) is 5.32 Å². The average molecular weight is 1170 g/mol. The molecule has 1 aliphatic rings. The first-order valence-corrected chi connectivity index (χ1v) is 33.7. The highest BCUT2D eigenvalue weighted by Gasteiger charge is 2.44. The quantitative estimate of drug-likeness (QED) is 0.0261. The Morgan fingerprint density at radius 2 is 0.750 bits per heavy atom. The zero-order chi connectivity index (χ0) is 60.7. The molecule has 0 saturated carbocycles. The number of amides is 1. The molecule has 6 N–H and O–H groups in total. The van der Waals surface area contributed by atoms with Gasteiger partial charge in [0.2, 0.25) is 5.91 Å². The van der Waals surface area contributed by atoms with E-state index in [1.807, 2.05) is 6.08 Å². The van der Waals surface area contributed by atoms with Gasteiger partial charge in [0.05, 0.1) is 25.4 Å². The predicted octanol–water partition coefficient (Wildman–Crippen LogP) is 18.4. The van der Waals surface area contributed by atoms with Gasteiger partial charge in [-0.05, 0) is 122 Å². The number of carbonyl (C=O) groups is 1. The minimum atomic E-state index is -1.59. The second kappa shape index (κ2) is 61.9. The lowest BCUT2D eigenvalue weighted by molar-refractivity contribution is -0.302. The molecular weight excluding hydrogens is 1040 g/mol.